The van der Waals surface area contributed by atoms with Crippen molar-refractivity contribution in [2.45, 2.75) is 53.9 Å². The van der Waals surface area contributed by atoms with Crippen molar-refractivity contribution in [3.63, 3.8) is 0 Å². The Morgan fingerprint density at radius 3 is 1.15 bits per heavy atom. The molecule has 3 saturated heterocycles. The van der Waals surface area contributed by atoms with Gasteiger partial charge in [-0.25, -0.2) is 44.9 Å². The van der Waals surface area contributed by atoms with Crippen LogP contribution in [-0.2, 0) is 0 Å². The molecule has 0 bridgehead atoms. The number of hydrogen-bond acceptors (Lipinski definition) is 21. The Hall–Kier alpha value is -12.3. The van der Waals surface area contributed by atoms with Crippen LogP contribution >= 0.6 is 0 Å². The molecule has 0 spiro atoms. The number of rotatable bonds is 14. The second-order valence-corrected chi connectivity index (χ2v) is 30.9. The third kappa shape index (κ3) is 14.3. The number of likely N-dealkylation sites (N-methyl/N-ethyl adjacent to an activating group) is 1. The van der Waals surface area contributed by atoms with Gasteiger partial charge in [0.15, 0.2) is 17.3 Å². The molecule has 112 heavy (non-hydrogen) atoms. The fourth-order valence-corrected chi connectivity index (χ4v) is 16.4. The van der Waals surface area contributed by atoms with Crippen LogP contribution < -0.4 is 31.9 Å². The third-order valence-electron chi connectivity index (χ3n) is 22.7. The first kappa shape index (κ1) is 72.6. The number of aryl methyl sites for hydroxylation is 3. The number of nitrogens with two attached hydrogens (primary N) is 3. The van der Waals surface area contributed by atoms with Gasteiger partial charge >= 0.3 is 0 Å². The fraction of sp³-hybridized carbons (Fsp3) is 0.275. The number of benzene rings is 6. The minimum atomic E-state index is -0.0746. The maximum Gasteiger partial charge on any atom is 0.221 e. The molecule has 4 aliphatic carbocycles. The number of hydrogen-bond donors (Lipinski definition) is 3. The summed E-state index contributed by atoms with van der Waals surface area (Å²) in [5.41, 5.74) is 39.4. The highest BCUT2D eigenvalue weighted by Gasteiger charge is 2.39. The van der Waals surface area contributed by atoms with Crippen molar-refractivity contribution in [2.24, 2.45) is 11.8 Å². The molecule has 4 fully saturated rings. The summed E-state index contributed by atoms with van der Waals surface area (Å²) in [4.78, 5) is 97.1. The van der Waals surface area contributed by atoms with Gasteiger partial charge in [0, 0.05) is 170 Å². The first-order valence-corrected chi connectivity index (χ1v) is 39.0. The normalized spacial score (nSPS) is 15.8. The van der Waals surface area contributed by atoms with Gasteiger partial charge in [-0.15, -0.1) is 0 Å². The maximum absolute atomic E-state index is 13.7. The highest BCUT2D eigenvalue weighted by atomic mass is 16.1. The molecule has 19 rings (SSSR count). The quantitative estimate of drug-likeness (QED) is 0.0913. The van der Waals surface area contributed by atoms with Crippen LogP contribution in [0.2, 0.25) is 0 Å². The molecule has 562 valence electrons. The topological polar surface area (TPSA) is 265 Å². The number of fused-ring (bicyclic) bond motifs is 9. The zero-order chi connectivity index (χ0) is 77.0. The zero-order valence-corrected chi connectivity index (χ0v) is 64.2. The third-order valence-corrected chi connectivity index (χ3v) is 22.7. The average molecular weight is 1480 g/mol. The van der Waals surface area contributed by atoms with E-state index in [2.05, 4.69) is 117 Å². The Balaban J connectivity index is 0.000000122. The van der Waals surface area contributed by atoms with E-state index in [9.17, 15) is 14.4 Å². The van der Waals surface area contributed by atoms with Gasteiger partial charge in [0.05, 0.1) is 50.9 Å². The monoisotopic (exact) mass is 1480 g/mol. The van der Waals surface area contributed by atoms with Crippen LogP contribution in [0.15, 0.2) is 182 Å². The van der Waals surface area contributed by atoms with Gasteiger partial charge in [-0.3, -0.25) is 24.2 Å². The lowest BCUT2D eigenvalue weighted by atomic mass is 9.96. The van der Waals surface area contributed by atoms with Gasteiger partial charge in [-0.05, 0) is 118 Å². The van der Waals surface area contributed by atoms with Gasteiger partial charge in [0.25, 0.3) is 0 Å². The molecule has 3 aliphatic heterocycles. The van der Waals surface area contributed by atoms with Gasteiger partial charge in [0.2, 0.25) is 17.8 Å². The molecule has 12 aromatic rings. The first-order valence-electron chi connectivity index (χ1n) is 39.0. The van der Waals surface area contributed by atoms with E-state index in [1.807, 2.05) is 166 Å². The number of anilines is 6. The number of pyridine rings is 3. The van der Waals surface area contributed by atoms with Crippen LogP contribution in [0.4, 0.5) is 35.3 Å². The summed E-state index contributed by atoms with van der Waals surface area (Å²) in [5.74, 6) is 4.91. The first-order chi connectivity index (χ1) is 54.4. The van der Waals surface area contributed by atoms with Crippen molar-refractivity contribution >= 4 is 52.6 Å². The van der Waals surface area contributed by atoms with Crippen LogP contribution in [0.5, 0.6) is 0 Å². The molecule has 21 heteroatoms. The second-order valence-electron chi connectivity index (χ2n) is 30.9. The van der Waals surface area contributed by atoms with Crippen LogP contribution in [0, 0.1) is 32.6 Å². The van der Waals surface area contributed by atoms with Crippen LogP contribution in [0.3, 0.4) is 0 Å². The van der Waals surface area contributed by atoms with Gasteiger partial charge in [-0.1, -0.05) is 158 Å². The highest BCUT2D eigenvalue weighted by molar-refractivity contribution is 6.27. The average Bonchev–Trinajstić information content (AvgIpc) is 1.59. The zero-order valence-electron chi connectivity index (χ0n) is 64.2. The maximum atomic E-state index is 13.7. The summed E-state index contributed by atoms with van der Waals surface area (Å²) in [5, 5.41) is 0. The van der Waals surface area contributed by atoms with Crippen LogP contribution in [0.1, 0.15) is 97.6 Å². The lowest BCUT2D eigenvalue weighted by Crippen LogP contribution is -2.47. The number of carbonyl (C=O) groups is 3. The molecule has 0 radical (unpaired) electrons. The summed E-state index contributed by atoms with van der Waals surface area (Å²) in [6, 6.07) is 53.5. The van der Waals surface area contributed by atoms with E-state index < -0.39 is 0 Å². The predicted molar refractivity (Wildman–Crippen MR) is 445 cm³/mol. The number of aromatic nitrogens is 9. The highest BCUT2D eigenvalue weighted by Crippen LogP contribution is 2.49. The van der Waals surface area contributed by atoms with Crippen molar-refractivity contribution in [2.75, 3.05) is 131 Å². The van der Waals surface area contributed by atoms with E-state index in [1.165, 1.54) is 25.8 Å². The Morgan fingerprint density at radius 1 is 0.375 bits per heavy atom. The van der Waals surface area contributed by atoms with E-state index in [-0.39, 0.29) is 35.2 Å². The second kappa shape index (κ2) is 30.5. The molecule has 0 atom stereocenters. The fourth-order valence-electron chi connectivity index (χ4n) is 16.4. The van der Waals surface area contributed by atoms with Gasteiger partial charge in [-0.2, -0.15) is 0 Å². The van der Waals surface area contributed by atoms with Crippen molar-refractivity contribution in [3.05, 3.63) is 232 Å². The van der Waals surface area contributed by atoms with Crippen molar-refractivity contribution in [1.29, 1.82) is 0 Å². The molecule has 21 nitrogen and oxygen atoms in total. The molecular formula is C91H90N18O3. The minimum Gasteiger partial charge on any atom is -0.368 e. The van der Waals surface area contributed by atoms with Crippen LogP contribution in [0.25, 0.3) is 101 Å². The Morgan fingerprint density at radius 2 is 0.750 bits per heavy atom. The Kier molecular flexibility index (Phi) is 19.8. The molecule has 7 aliphatic rings. The van der Waals surface area contributed by atoms with Crippen molar-refractivity contribution in [3.8, 4) is 101 Å². The summed E-state index contributed by atoms with van der Waals surface area (Å²) in [6.07, 6.45) is 9.76. The number of piperazine rings is 3. The molecule has 6 N–H and O–H groups in total. The summed E-state index contributed by atoms with van der Waals surface area (Å²) >= 11 is 0. The van der Waals surface area contributed by atoms with Crippen molar-refractivity contribution in [1.82, 2.24) is 59.6 Å². The van der Waals surface area contributed by atoms with E-state index in [0.29, 0.717) is 67.5 Å². The predicted octanol–water partition coefficient (Wildman–Crippen LogP) is 14.4. The van der Waals surface area contributed by atoms with E-state index >= 15 is 0 Å². The summed E-state index contributed by atoms with van der Waals surface area (Å²) < 4.78 is 0. The van der Waals surface area contributed by atoms with E-state index in [4.69, 9.17) is 32.2 Å². The number of ketones is 3. The summed E-state index contributed by atoms with van der Waals surface area (Å²) in [6.45, 7) is 25.4. The molecule has 6 aromatic heterocycles. The number of carbonyl (C=O) groups excluding carboxylic acids is 3. The van der Waals surface area contributed by atoms with Crippen molar-refractivity contribution < 1.29 is 14.4 Å². The SMILES string of the molecule is Cc1cc(-c2cccc3c2-c2nc(N)nc(-c4ccccc4)c2C3=O)cnc1N1CCN(C)CC1.Cc1ccc(-c2nc(N)nc3c2C(=O)c2cccc(-c4ccc(N5CCN(CC6CC6)CC5)nc4)c2-3)cc1.Cc1ccc(-c2nc(N)nc3c2C(=O)c2cccc(-c4ccc(N5CCN(CCC(C)C)CC5)nc4)c2-3)cc1. The van der Waals surface area contributed by atoms with Gasteiger partial charge < -0.3 is 36.8 Å². The standard InChI is InChI=1S/C32H34N6O.C31H30N6O.C28H26N6O/c1-20(2)13-14-37-15-17-38(18-16-37)26-12-11-23(19-34-26)24-5-4-6-25-27(24)30-28(31(25)39)29(35-32(33)36-30)22-9-7-21(3)8-10-22;1-19-5-9-21(10-6-19)28-27-29(35-31(32)34-28)26-23(3-2-4-24(26)30(27)38)22-11-12-25(33-17-22)37-15-13-36(14-16-37)18-20-7-8-20;1-17-15-19(16-30-27(17)34-13-11-33(2)12-14-34)20-9-6-10-21-22(20)25-23(26(21)35)24(31-28(29)32-25)18-7-4-3-5-8-18/h4-12,19-20H,13-18H2,1-3H3,(H2,33,35,36);2-6,9-12,17,20H,7-8,13-16,18H2,1H3,(H2,32,34,35);3-10,15-16H,11-14H2,1-2H3,(H2,29,31,32). The van der Waals surface area contributed by atoms with E-state index in [1.54, 1.807) is 0 Å². The molecule has 0 unspecified atom stereocenters. The molecule has 9 heterocycles. The van der Waals surface area contributed by atoms with Gasteiger partial charge in [0.1, 0.15) is 17.5 Å². The smallest absolute Gasteiger partial charge is 0.221 e. The van der Waals surface area contributed by atoms with Crippen LogP contribution in [-0.4, -0.2) is 176 Å². The molecule has 6 aromatic carbocycles. The largest absolute Gasteiger partial charge is 0.368 e. The summed E-state index contributed by atoms with van der Waals surface area (Å²) in [7, 11) is 2.15. The lowest BCUT2D eigenvalue weighted by molar-refractivity contribution is 0.103. The number of nitrogens with zero attached hydrogens (tertiary/aromatic N) is 15. The minimum absolute atomic E-state index is 0.0685. The number of nitrogen functional groups attached to an aromatic ring is 3. The molecule has 1 saturated carbocycles. The Labute approximate surface area is 652 Å². The Bertz CT molecular complexity index is 5610. The van der Waals surface area contributed by atoms with E-state index in [0.717, 1.165) is 198 Å². The lowest BCUT2D eigenvalue weighted by Gasteiger charge is -2.35. The molecular weight excluding hydrogens is 1390 g/mol. The molecule has 0 amide bonds.